The molecule has 0 radical (unpaired) electrons. The van der Waals surface area contributed by atoms with Gasteiger partial charge in [0, 0.05) is 25.2 Å². The van der Waals surface area contributed by atoms with Crippen molar-refractivity contribution in [3.05, 3.63) is 0 Å². The molecule has 0 aromatic heterocycles. The molecule has 5 nitrogen and oxygen atoms in total. The van der Waals surface area contributed by atoms with Crippen molar-refractivity contribution in [2.45, 2.75) is 43.7 Å². The molecule has 0 saturated carbocycles. The average molecular weight is 294 g/mol. The molecule has 4 heterocycles. The largest absolute Gasteiger partial charge is 0.381 e. The lowest BCUT2D eigenvalue weighted by atomic mass is 9.86. The molecule has 0 aliphatic carbocycles. The van der Waals surface area contributed by atoms with Crippen LogP contribution >= 0.6 is 0 Å². The topological polar surface area (TPSA) is 42.0 Å². The number of amides is 1. The van der Waals surface area contributed by atoms with Gasteiger partial charge in [-0.3, -0.25) is 9.69 Å². The lowest BCUT2D eigenvalue weighted by Crippen LogP contribution is -2.64. The van der Waals surface area contributed by atoms with Crippen LogP contribution in [-0.2, 0) is 14.3 Å². The molecular weight excluding hydrogens is 268 g/mol. The van der Waals surface area contributed by atoms with Crippen molar-refractivity contribution in [1.82, 2.24) is 9.80 Å². The van der Waals surface area contributed by atoms with Crippen LogP contribution < -0.4 is 0 Å². The fourth-order valence-electron chi connectivity index (χ4n) is 4.39. The van der Waals surface area contributed by atoms with Crippen LogP contribution in [0, 0.1) is 5.92 Å². The Labute approximate surface area is 126 Å². The van der Waals surface area contributed by atoms with Crippen LogP contribution in [0.1, 0.15) is 32.1 Å². The second-order valence-corrected chi connectivity index (χ2v) is 7.18. The molecule has 4 rings (SSSR count). The van der Waals surface area contributed by atoms with Crippen LogP contribution in [0.25, 0.3) is 0 Å². The summed E-state index contributed by atoms with van der Waals surface area (Å²) in [5, 5.41) is 0. The van der Waals surface area contributed by atoms with Gasteiger partial charge in [-0.1, -0.05) is 0 Å². The highest BCUT2D eigenvalue weighted by molar-refractivity contribution is 5.80. The minimum absolute atomic E-state index is 0.0198. The van der Waals surface area contributed by atoms with Gasteiger partial charge in [-0.25, -0.2) is 0 Å². The zero-order valence-electron chi connectivity index (χ0n) is 12.8. The van der Waals surface area contributed by atoms with E-state index >= 15 is 0 Å². The summed E-state index contributed by atoms with van der Waals surface area (Å²) in [4.78, 5) is 17.1. The maximum Gasteiger partial charge on any atom is 0.226 e. The highest BCUT2D eigenvalue weighted by Crippen LogP contribution is 2.38. The number of carbonyl (C=O) groups is 1. The zero-order valence-corrected chi connectivity index (χ0v) is 12.8. The van der Waals surface area contributed by atoms with Crippen LogP contribution in [0.5, 0.6) is 0 Å². The van der Waals surface area contributed by atoms with E-state index in [9.17, 15) is 4.79 Å². The van der Waals surface area contributed by atoms with Crippen molar-refractivity contribution < 1.29 is 14.3 Å². The predicted octanol–water partition coefficient (Wildman–Crippen LogP) is 0.879. The number of hydrogen-bond acceptors (Lipinski definition) is 4. The fraction of sp³-hybridized carbons (Fsp3) is 0.938. The van der Waals surface area contributed by atoms with Crippen LogP contribution in [0.4, 0.5) is 0 Å². The lowest BCUT2D eigenvalue weighted by Gasteiger charge is -2.48. The molecule has 0 aromatic rings. The summed E-state index contributed by atoms with van der Waals surface area (Å²) >= 11 is 0. The molecule has 1 unspecified atom stereocenters. The van der Waals surface area contributed by atoms with E-state index in [1.165, 1.54) is 25.9 Å². The van der Waals surface area contributed by atoms with Crippen molar-refractivity contribution in [3.8, 4) is 0 Å². The smallest absolute Gasteiger partial charge is 0.226 e. The van der Waals surface area contributed by atoms with Gasteiger partial charge < -0.3 is 14.4 Å². The molecular formula is C16H26N2O3. The monoisotopic (exact) mass is 294 g/mol. The van der Waals surface area contributed by atoms with Gasteiger partial charge in [-0.05, 0) is 45.2 Å². The van der Waals surface area contributed by atoms with E-state index in [2.05, 4.69) is 4.90 Å². The minimum Gasteiger partial charge on any atom is -0.381 e. The molecule has 4 fully saturated rings. The molecule has 0 aromatic carbocycles. The normalized spacial score (nSPS) is 33.5. The maximum absolute atomic E-state index is 12.5. The molecule has 1 amide bonds. The Kier molecular flexibility index (Phi) is 3.67. The van der Waals surface area contributed by atoms with Gasteiger partial charge in [0.05, 0.1) is 19.7 Å². The van der Waals surface area contributed by atoms with Gasteiger partial charge in [-0.15, -0.1) is 0 Å². The van der Waals surface area contributed by atoms with Crippen molar-refractivity contribution in [2.24, 2.45) is 5.92 Å². The van der Waals surface area contributed by atoms with E-state index in [0.29, 0.717) is 11.9 Å². The van der Waals surface area contributed by atoms with E-state index < -0.39 is 0 Å². The third-order valence-electron chi connectivity index (χ3n) is 5.69. The Morgan fingerprint density at radius 2 is 1.81 bits per heavy atom. The third kappa shape index (κ3) is 2.60. The standard InChI is InChI=1S/C16H26N2O3/c19-15(13-3-7-20-8-4-13)18-11-16(12-18)9-14(10-21-16)17-5-1-2-6-17/h13-14H,1-12H2. The number of rotatable bonds is 2. The molecule has 1 atom stereocenters. The van der Waals surface area contributed by atoms with Crippen LogP contribution in [0.15, 0.2) is 0 Å². The number of ether oxygens (including phenoxy) is 2. The van der Waals surface area contributed by atoms with Crippen LogP contribution in [0.3, 0.4) is 0 Å². The van der Waals surface area contributed by atoms with E-state index in [1.54, 1.807) is 0 Å². The Morgan fingerprint density at radius 1 is 1.10 bits per heavy atom. The first-order valence-corrected chi connectivity index (χ1v) is 8.50. The predicted molar refractivity (Wildman–Crippen MR) is 78.0 cm³/mol. The van der Waals surface area contributed by atoms with Gasteiger partial charge in [0.15, 0.2) is 0 Å². The number of likely N-dealkylation sites (tertiary alicyclic amines) is 2. The van der Waals surface area contributed by atoms with E-state index in [0.717, 1.165) is 52.2 Å². The van der Waals surface area contributed by atoms with Crippen LogP contribution in [-0.4, -0.2) is 73.3 Å². The molecule has 21 heavy (non-hydrogen) atoms. The Balaban J connectivity index is 1.29. The summed E-state index contributed by atoms with van der Waals surface area (Å²) in [6, 6.07) is 0.591. The van der Waals surface area contributed by atoms with Crippen LogP contribution in [0.2, 0.25) is 0 Å². The molecule has 0 N–H and O–H groups in total. The second-order valence-electron chi connectivity index (χ2n) is 7.18. The summed E-state index contributed by atoms with van der Waals surface area (Å²) in [6.07, 6.45) is 5.56. The number of carbonyl (C=O) groups excluding carboxylic acids is 1. The average Bonchev–Trinajstić information content (AvgIpc) is 3.15. The highest BCUT2D eigenvalue weighted by Gasteiger charge is 2.53. The first-order valence-electron chi connectivity index (χ1n) is 8.50. The first kappa shape index (κ1) is 14.0. The summed E-state index contributed by atoms with van der Waals surface area (Å²) in [5.74, 6) is 0.518. The molecule has 0 bridgehead atoms. The van der Waals surface area contributed by atoms with Gasteiger partial charge in [0.25, 0.3) is 0 Å². The lowest BCUT2D eigenvalue weighted by molar-refractivity contribution is -0.164. The van der Waals surface area contributed by atoms with Gasteiger partial charge in [0.2, 0.25) is 5.91 Å². The molecule has 1 spiro atoms. The third-order valence-corrected chi connectivity index (χ3v) is 5.69. The Hall–Kier alpha value is -0.650. The molecule has 4 saturated heterocycles. The number of nitrogens with zero attached hydrogens (tertiary/aromatic N) is 2. The number of hydrogen-bond donors (Lipinski definition) is 0. The Morgan fingerprint density at radius 3 is 2.52 bits per heavy atom. The SMILES string of the molecule is O=C(C1CCOCC1)N1CC2(CC(N3CCCC3)CO2)C1. The molecule has 118 valence electrons. The highest BCUT2D eigenvalue weighted by atomic mass is 16.5. The maximum atomic E-state index is 12.5. The van der Waals surface area contributed by atoms with Crippen molar-refractivity contribution in [2.75, 3.05) is 46.0 Å². The van der Waals surface area contributed by atoms with Crippen molar-refractivity contribution >= 4 is 5.91 Å². The summed E-state index contributed by atoms with van der Waals surface area (Å²) in [7, 11) is 0. The summed E-state index contributed by atoms with van der Waals surface area (Å²) in [5.41, 5.74) is -0.0198. The fourth-order valence-corrected chi connectivity index (χ4v) is 4.39. The van der Waals surface area contributed by atoms with Crippen molar-refractivity contribution in [3.63, 3.8) is 0 Å². The Bertz CT molecular complexity index is 396. The van der Waals surface area contributed by atoms with E-state index in [4.69, 9.17) is 9.47 Å². The quantitative estimate of drug-likeness (QED) is 0.758. The molecule has 5 heteroatoms. The zero-order chi connectivity index (χ0) is 14.3. The molecule has 4 aliphatic rings. The first-order chi connectivity index (χ1) is 10.3. The van der Waals surface area contributed by atoms with Gasteiger partial charge in [-0.2, -0.15) is 0 Å². The molecule has 4 aliphatic heterocycles. The van der Waals surface area contributed by atoms with Gasteiger partial charge >= 0.3 is 0 Å². The minimum atomic E-state index is -0.0198. The van der Waals surface area contributed by atoms with E-state index in [-0.39, 0.29) is 11.5 Å². The van der Waals surface area contributed by atoms with Gasteiger partial charge in [0.1, 0.15) is 5.60 Å². The summed E-state index contributed by atoms with van der Waals surface area (Å²) in [6.45, 7) is 6.43. The second kappa shape index (κ2) is 5.52. The van der Waals surface area contributed by atoms with E-state index in [1.807, 2.05) is 4.90 Å². The van der Waals surface area contributed by atoms with Crippen molar-refractivity contribution in [1.29, 1.82) is 0 Å². The summed E-state index contributed by atoms with van der Waals surface area (Å²) < 4.78 is 11.5.